The molecule has 116 valence electrons. The van der Waals surface area contributed by atoms with Crippen LogP contribution in [-0.4, -0.2) is 14.3 Å². The molecule has 0 atom stereocenters. The summed E-state index contributed by atoms with van der Waals surface area (Å²) in [5.41, 5.74) is 1.50. The van der Waals surface area contributed by atoms with E-state index in [1.807, 2.05) is 0 Å². The molecule has 0 spiro atoms. The summed E-state index contributed by atoms with van der Waals surface area (Å²) in [6.07, 6.45) is 0.776. The molecule has 0 saturated carbocycles. The number of hydrogen-bond acceptors (Lipinski definition) is 3. The van der Waals surface area contributed by atoms with Crippen molar-refractivity contribution in [1.29, 1.82) is 0 Å². The van der Waals surface area contributed by atoms with E-state index in [1.54, 1.807) is 36.4 Å². The summed E-state index contributed by atoms with van der Waals surface area (Å²) in [5.74, 6) is -0.141. The fraction of sp³-hybridized carbons (Fsp3) is 0.133. The first-order valence-corrected chi connectivity index (χ1v) is 8.44. The van der Waals surface area contributed by atoms with E-state index in [2.05, 4.69) is 5.32 Å². The molecule has 0 fully saturated rings. The van der Waals surface area contributed by atoms with Crippen molar-refractivity contribution >= 4 is 33.2 Å². The van der Waals surface area contributed by atoms with E-state index in [4.69, 9.17) is 16.7 Å². The van der Waals surface area contributed by atoms with Crippen molar-refractivity contribution in [2.45, 2.75) is 17.7 Å². The second-order valence-corrected chi connectivity index (χ2v) is 6.75. The predicted octanol–water partition coefficient (Wildman–Crippen LogP) is 2.56. The molecule has 0 heterocycles. The molecule has 0 aliphatic carbocycles. The van der Waals surface area contributed by atoms with Crippen molar-refractivity contribution in [2.75, 3.05) is 5.32 Å². The first kappa shape index (κ1) is 16.5. The Balaban J connectivity index is 1.91. The fourth-order valence-electron chi connectivity index (χ4n) is 1.89. The van der Waals surface area contributed by atoms with Gasteiger partial charge in [0.1, 0.15) is 0 Å². The quantitative estimate of drug-likeness (QED) is 0.878. The highest BCUT2D eigenvalue weighted by Gasteiger charge is 2.08. The van der Waals surface area contributed by atoms with E-state index in [-0.39, 0.29) is 17.2 Å². The summed E-state index contributed by atoms with van der Waals surface area (Å²) < 4.78 is 22.3. The summed E-state index contributed by atoms with van der Waals surface area (Å²) in [7, 11) is -3.69. The van der Waals surface area contributed by atoms with E-state index < -0.39 is 10.0 Å². The number of nitrogens with one attached hydrogen (secondary N) is 1. The number of carbonyl (C=O) groups excluding carboxylic acids is 1. The second-order valence-electron chi connectivity index (χ2n) is 4.75. The normalized spacial score (nSPS) is 11.2. The van der Waals surface area contributed by atoms with Gasteiger partial charge >= 0.3 is 0 Å². The Hall–Kier alpha value is -1.89. The Kier molecular flexibility index (Phi) is 5.18. The monoisotopic (exact) mass is 338 g/mol. The summed E-state index contributed by atoms with van der Waals surface area (Å²) in [4.78, 5) is 11.9. The summed E-state index contributed by atoms with van der Waals surface area (Å²) in [6, 6.07) is 13.1. The van der Waals surface area contributed by atoms with Gasteiger partial charge in [-0.25, -0.2) is 13.6 Å². The molecule has 0 aliphatic heterocycles. The Morgan fingerprint density at radius 2 is 1.82 bits per heavy atom. The van der Waals surface area contributed by atoms with Crippen LogP contribution in [0.3, 0.4) is 0 Å². The van der Waals surface area contributed by atoms with Crippen LogP contribution >= 0.6 is 11.6 Å². The smallest absolute Gasteiger partial charge is 0.238 e. The second kappa shape index (κ2) is 6.91. The minimum absolute atomic E-state index is 0.0552. The number of nitrogens with two attached hydrogens (primary N) is 1. The Morgan fingerprint density at radius 1 is 1.14 bits per heavy atom. The molecule has 0 radical (unpaired) electrons. The molecule has 2 rings (SSSR count). The molecule has 0 aromatic heterocycles. The highest BCUT2D eigenvalue weighted by Crippen LogP contribution is 2.15. The topological polar surface area (TPSA) is 89.3 Å². The zero-order valence-electron chi connectivity index (χ0n) is 11.6. The van der Waals surface area contributed by atoms with E-state index >= 15 is 0 Å². The number of sulfonamides is 1. The zero-order valence-corrected chi connectivity index (χ0v) is 13.2. The number of aryl methyl sites for hydroxylation is 1. The summed E-state index contributed by atoms with van der Waals surface area (Å²) in [6.45, 7) is 0. The van der Waals surface area contributed by atoms with Gasteiger partial charge in [-0.1, -0.05) is 29.8 Å². The highest BCUT2D eigenvalue weighted by molar-refractivity contribution is 7.89. The lowest BCUT2D eigenvalue weighted by Gasteiger charge is -2.06. The van der Waals surface area contributed by atoms with Crippen molar-refractivity contribution < 1.29 is 13.2 Å². The van der Waals surface area contributed by atoms with Gasteiger partial charge in [-0.15, -0.1) is 0 Å². The van der Waals surface area contributed by atoms with Gasteiger partial charge in [0, 0.05) is 17.1 Å². The van der Waals surface area contributed by atoms with Gasteiger partial charge in [0.2, 0.25) is 15.9 Å². The third kappa shape index (κ3) is 4.84. The molecule has 2 aromatic carbocycles. The van der Waals surface area contributed by atoms with Gasteiger partial charge in [0.15, 0.2) is 0 Å². The SMILES string of the molecule is NS(=O)(=O)c1ccc(CCC(=O)Nc2cccc(Cl)c2)cc1. The largest absolute Gasteiger partial charge is 0.326 e. The highest BCUT2D eigenvalue weighted by atomic mass is 35.5. The number of anilines is 1. The van der Waals surface area contributed by atoms with Crippen molar-refractivity contribution in [3.8, 4) is 0 Å². The third-order valence-electron chi connectivity index (χ3n) is 3.00. The number of carbonyl (C=O) groups is 1. The van der Waals surface area contributed by atoms with Crippen LogP contribution in [0, 0.1) is 0 Å². The van der Waals surface area contributed by atoms with Gasteiger partial charge in [0.05, 0.1) is 4.90 Å². The molecular formula is C15H15ClN2O3S. The lowest BCUT2D eigenvalue weighted by Crippen LogP contribution is -2.13. The number of rotatable bonds is 5. The molecule has 3 N–H and O–H groups in total. The molecule has 0 aliphatic rings. The molecule has 2 aromatic rings. The third-order valence-corrected chi connectivity index (χ3v) is 4.17. The zero-order chi connectivity index (χ0) is 16.2. The van der Waals surface area contributed by atoms with Crippen LogP contribution < -0.4 is 10.5 Å². The van der Waals surface area contributed by atoms with Gasteiger partial charge in [-0.3, -0.25) is 4.79 Å². The van der Waals surface area contributed by atoms with Crippen LogP contribution in [0.2, 0.25) is 5.02 Å². The average molecular weight is 339 g/mol. The van der Waals surface area contributed by atoms with Gasteiger partial charge in [-0.2, -0.15) is 0 Å². The molecule has 5 nitrogen and oxygen atoms in total. The number of primary sulfonamides is 1. The lowest BCUT2D eigenvalue weighted by atomic mass is 10.1. The molecule has 22 heavy (non-hydrogen) atoms. The summed E-state index contributed by atoms with van der Waals surface area (Å²) >= 11 is 5.84. The number of benzene rings is 2. The maximum Gasteiger partial charge on any atom is 0.238 e. The van der Waals surface area contributed by atoms with E-state index in [1.165, 1.54) is 12.1 Å². The molecule has 0 unspecified atom stereocenters. The lowest BCUT2D eigenvalue weighted by molar-refractivity contribution is -0.116. The minimum Gasteiger partial charge on any atom is -0.326 e. The Labute approximate surface area is 134 Å². The Bertz CT molecular complexity index is 774. The first-order chi connectivity index (χ1) is 10.3. The van der Waals surface area contributed by atoms with Crippen LogP contribution in [0.25, 0.3) is 0 Å². The van der Waals surface area contributed by atoms with Crippen molar-refractivity contribution in [1.82, 2.24) is 0 Å². The molecular weight excluding hydrogens is 324 g/mol. The van der Waals surface area contributed by atoms with Crippen molar-refractivity contribution in [3.05, 3.63) is 59.1 Å². The van der Waals surface area contributed by atoms with Gasteiger partial charge < -0.3 is 5.32 Å². The average Bonchev–Trinajstić information content (AvgIpc) is 2.45. The van der Waals surface area contributed by atoms with Crippen molar-refractivity contribution in [2.24, 2.45) is 5.14 Å². The Morgan fingerprint density at radius 3 is 2.41 bits per heavy atom. The molecule has 0 saturated heterocycles. The van der Waals surface area contributed by atoms with Crippen LogP contribution in [0.15, 0.2) is 53.4 Å². The van der Waals surface area contributed by atoms with Crippen LogP contribution in [0.1, 0.15) is 12.0 Å². The van der Waals surface area contributed by atoms with Crippen LogP contribution in [-0.2, 0) is 21.2 Å². The standard InChI is InChI=1S/C15H15ClN2O3S/c16-12-2-1-3-13(10-12)18-15(19)9-6-11-4-7-14(8-5-11)22(17,20)21/h1-5,7-8,10H,6,9H2,(H,18,19)(H2,17,20,21). The molecule has 0 bridgehead atoms. The fourth-order valence-corrected chi connectivity index (χ4v) is 2.60. The predicted molar refractivity (Wildman–Crippen MR) is 86.2 cm³/mol. The number of halogens is 1. The van der Waals surface area contributed by atoms with Gasteiger partial charge in [0.25, 0.3) is 0 Å². The maximum atomic E-state index is 11.9. The first-order valence-electron chi connectivity index (χ1n) is 6.52. The summed E-state index contributed by atoms with van der Waals surface area (Å²) in [5, 5.41) is 8.33. The number of amides is 1. The van der Waals surface area contributed by atoms with Crippen LogP contribution in [0.4, 0.5) is 5.69 Å². The van der Waals surface area contributed by atoms with Crippen LogP contribution in [0.5, 0.6) is 0 Å². The molecule has 1 amide bonds. The minimum atomic E-state index is -3.69. The van der Waals surface area contributed by atoms with E-state index in [0.717, 1.165) is 5.56 Å². The maximum absolute atomic E-state index is 11.9. The number of hydrogen-bond donors (Lipinski definition) is 2. The van der Waals surface area contributed by atoms with E-state index in [0.29, 0.717) is 17.1 Å². The van der Waals surface area contributed by atoms with E-state index in [9.17, 15) is 13.2 Å². The van der Waals surface area contributed by atoms with Crippen molar-refractivity contribution in [3.63, 3.8) is 0 Å². The van der Waals surface area contributed by atoms with Gasteiger partial charge in [-0.05, 0) is 42.3 Å². The molecule has 7 heteroatoms.